The van der Waals surface area contributed by atoms with Crippen molar-refractivity contribution < 1.29 is 17.5 Å². The summed E-state index contributed by atoms with van der Waals surface area (Å²) in [6.45, 7) is 5.24. The van der Waals surface area contributed by atoms with Gasteiger partial charge in [-0.1, -0.05) is 23.8 Å². The topological polar surface area (TPSA) is 86.5 Å². The smallest absolute Gasteiger partial charge is 0.339 e. The third-order valence-electron chi connectivity index (χ3n) is 3.09. The van der Waals surface area contributed by atoms with Gasteiger partial charge in [-0.25, -0.2) is 0 Å². The van der Waals surface area contributed by atoms with Gasteiger partial charge in [0.1, 0.15) is 10.6 Å². The van der Waals surface area contributed by atoms with Gasteiger partial charge in [0.2, 0.25) is 0 Å². The Morgan fingerprint density at radius 3 is 2.18 bits per heavy atom. The van der Waals surface area contributed by atoms with Crippen LogP contribution in [0.4, 0.5) is 5.69 Å². The molecule has 0 N–H and O–H groups in total. The Hall–Kier alpha value is -2.41. The van der Waals surface area contributed by atoms with E-state index in [0.717, 1.165) is 11.6 Å². The molecular weight excluding hydrogens is 306 g/mol. The minimum Gasteiger partial charge on any atom is -0.379 e. The summed E-state index contributed by atoms with van der Waals surface area (Å²) < 4.78 is 29.9. The summed E-state index contributed by atoms with van der Waals surface area (Å²) in [7, 11) is -4.06. The minimum atomic E-state index is -4.06. The first-order chi connectivity index (χ1) is 10.2. The largest absolute Gasteiger partial charge is 0.379 e. The van der Waals surface area contributed by atoms with Gasteiger partial charge in [0.15, 0.2) is 0 Å². The van der Waals surface area contributed by atoms with Crippen LogP contribution in [0.25, 0.3) is 0 Å². The molecule has 0 aliphatic rings. The van der Waals surface area contributed by atoms with E-state index in [4.69, 9.17) is 4.18 Å². The molecule has 0 radical (unpaired) electrons. The van der Waals surface area contributed by atoms with Gasteiger partial charge in [0, 0.05) is 6.07 Å². The summed E-state index contributed by atoms with van der Waals surface area (Å²) in [6.07, 6.45) is 0. The van der Waals surface area contributed by atoms with Gasteiger partial charge >= 0.3 is 10.1 Å². The van der Waals surface area contributed by atoms with E-state index in [1.165, 1.54) is 18.2 Å². The Balaban J connectivity index is 2.45. The molecule has 0 fully saturated rings. The molecule has 0 heterocycles. The number of aryl methyl sites for hydroxylation is 3. The van der Waals surface area contributed by atoms with Gasteiger partial charge in [-0.05, 0) is 38.0 Å². The van der Waals surface area contributed by atoms with Crippen molar-refractivity contribution in [3.8, 4) is 5.75 Å². The highest BCUT2D eigenvalue weighted by Gasteiger charge is 2.23. The maximum atomic E-state index is 12.4. The van der Waals surface area contributed by atoms with Crippen LogP contribution in [0.5, 0.6) is 5.75 Å². The average molecular weight is 321 g/mol. The number of rotatable bonds is 4. The molecule has 0 aliphatic carbocycles. The van der Waals surface area contributed by atoms with Gasteiger partial charge in [-0.15, -0.1) is 0 Å². The Labute approximate surface area is 128 Å². The summed E-state index contributed by atoms with van der Waals surface area (Å²) in [4.78, 5) is 10.2. The van der Waals surface area contributed by atoms with Crippen LogP contribution in [0.3, 0.4) is 0 Å². The molecule has 0 bridgehead atoms. The van der Waals surface area contributed by atoms with Crippen molar-refractivity contribution >= 4 is 15.8 Å². The maximum absolute atomic E-state index is 12.4. The summed E-state index contributed by atoms with van der Waals surface area (Å²) in [5.41, 5.74) is 1.86. The van der Waals surface area contributed by atoms with Crippen molar-refractivity contribution in [1.29, 1.82) is 0 Å². The van der Waals surface area contributed by atoms with Crippen LogP contribution < -0.4 is 4.18 Å². The summed E-state index contributed by atoms with van der Waals surface area (Å²) >= 11 is 0. The number of nitro groups is 1. The predicted octanol–water partition coefficient (Wildman–Crippen LogP) is 3.29. The molecule has 6 nitrogen and oxygen atoms in total. The summed E-state index contributed by atoms with van der Waals surface area (Å²) in [6, 6.07) is 8.58. The fourth-order valence-corrected chi connectivity index (χ4v) is 3.73. The van der Waals surface area contributed by atoms with Gasteiger partial charge < -0.3 is 4.18 Å². The first kappa shape index (κ1) is 16.0. The van der Waals surface area contributed by atoms with Crippen LogP contribution in [0.15, 0.2) is 41.3 Å². The summed E-state index contributed by atoms with van der Waals surface area (Å²) in [5.74, 6) is -0.0893. The third-order valence-corrected chi connectivity index (χ3v) is 4.64. The number of non-ortho nitro benzene ring substituents is 1. The van der Waals surface area contributed by atoms with Crippen LogP contribution in [-0.4, -0.2) is 13.3 Å². The lowest BCUT2D eigenvalue weighted by Crippen LogP contribution is -2.13. The number of benzene rings is 2. The van der Waals surface area contributed by atoms with Crippen LogP contribution in [0.1, 0.15) is 16.7 Å². The highest BCUT2D eigenvalue weighted by molar-refractivity contribution is 7.87. The zero-order valence-corrected chi connectivity index (χ0v) is 13.2. The van der Waals surface area contributed by atoms with Crippen molar-refractivity contribution in [2.24, 2.45) is 0 Å². The van der Waals surface area contributed by atoms with E-state index in [1.54, 1.807) is 26.0 Å². The normalized spacial score (nSPS) is 11.2. The molecule has 0 saturated heterocycles. The first-order valence-electron chi connectivity index (χ1n) is 6.47. The second kappa shape index (κ2) is 5.76. The van der Waals surface area contributed by atoms with Gasteiger partial charge in [0.05, 0.1) is 11.0 Å². The molecule has 0 saturated carbocycles. The Kier molecular flexibility index (Phi) is 4.18. The lowest BCUT2D eigenvalue weighted by Gasteiger charge is -2.12. The molecule has 22 heavy (non-hydrogen) atoms. The molecular formula is C15H15NO5S. The third kappa shape index (κ3) is 3.25. The predicted molar refractivity (Wildman–Crippen MR) is 81.6 cm³/mol. The van der Waals surface area contributed by atoms with Gasteiger partial charge in [-0.3, -0.25) is 10.1 Å². The lowest BCUT2D eigenvalue weighted by molar-refractivity contribution is -0.384. The summed E-state index contributed by atoms with van der Waals surface area (Å²) in [5, 5.41) is 10.7. The second-order valence-corrected chi connectivity index (χ2v) is 6.50. The molecule has 0 spiro atoms. The minimum absolute atomic E-state index is 0.0876. The van der Waals surface area contributed by atoms with Crippen LogP contribution in [0.2, 0.25) is 0 Å². The fourth-order valence-electron chi connectivity index (χ4n) is 2.38. The molecule has 0 atom stereocenters. The van der Waals surface area contributed by atoms with E-state index < -0.39 is 15.0 Å². The van der Waals surface area contributed by atoms with Crippen molar-refractivity contribution in [2.75, 3.05) is 0 Å². The molecule has 116 valence electrons. The van der Waals surface area contributed by atoms with E-state index in [0.29, 0.717) is 11.1 Å². The van der Waals surface area contributed by atoms with Crippen molar-refractivity contribution in [1.82, 2.24) is 0 Å². The van der Waals surface area contributed by atoms with E-state index in [2.05, 4.69) is 0 Å². The van der Waals surface area contributed by atoms with Crippen LogP contribution in [-0.2, 0) is 10.1 Å². The monoisotopic (exact) mass is 321 g/mol. The SMILES string of the molecule is Cc1cc(C)c(S(=O)(=O)Oc2cccc([N+](=O)[O-])c2)c(C)c1. The Morgan fingerprint density at radius 2 is 1.64 bits per heavy atom. The molecule has 0 aliphatic heterocycles. The molecule has 2 rings (SSSR count). The molecule has 2 aromatic rings. The van der Waals surface area contributed by atoms with Crippen LogP contribution >= 0.6 is 0 Å². The standard InChI is InChI=1S/C15H15NO5S/c1-10-7-11(2)15(12(3)8-10)22(19,20)21-14-6-4-5-13(9-14)16(17)18/h4-9H,1-3H3. The van der Waals surface area contributed by atoms with Crippen molar-refractivity contribution in [3.05, 3.63) is 63.2 Å². The fraction of sp³-hybridized carbons (Fsp3) is 0.200. The molecule has 0 amide bonds. The highest BCUT2D eigenvalue weighted by atomic mass is 32.2. The molecule has 0 aromatic heterocycles. The zero-order chi connectivity index (χ0) is 16.5. The lowest BCUT2D eigenvalue weighted by atomic mass is 10.1. The van der Waals surface area contributed by atoms with E-state index in [-0.39, 0.29) is 16.3 Å². The van der Waals surface area contributed by atoms with Crippen molar-refractivity contribution in [3.63, 3.8) is 0 Å². The second-order valence-electron chi connectivity index (χ2n) is 5.02. The molecule has 2 aromatic carbocycles. The Morgan fingerprint density at radius 1 is 1.05 bits per heavy atom. The van der Waals surface area contributed by atoms with E-state index in [1.807, 2.05) is 6.92 Å². The van der Waals surface area contributed by atoms with Crippen LogP contribution in [0, 0.1) is 30.9 Å². The highest BCUT2D eigenvalue weighted by Crippen LogP contribution is 2.27. The average Bonchev–Trinajstić information content (AvgIpc) is 2.36. The number of hydrogen-bond acceptors (Lipinski definition) is 5. The number of nitro benzene ring substituents is 1. The zero-order valence-electron chi connectivity index (χ0n) is 12.4. The van der Waals surface area contributed by atoms with E-state index in [9.17, 15) is 18.5 Å². The van der Waals surface area contributed by atoms with E-state index >= 15 is 0 Å². The first-order valence-corrected chi connectivity index (χ1v) is 7.88. The van der Waals surface area contributed by atoms with Gasteiger partial charge in [-0.2, -0.15) is 8.42 Å². The maximum Gasteiger partial charge on any atom is 0.339 e. The Bertz CT molecular complexity index is 820. The molecule has 0 unspecified atom stereocenters. The van der Waals surface area contributed by atoms with Crippen molar-refractivity contribution in [2.45, 2.75) is 25.7 Å². The number of nitrogens with zero attached hydrogens (tertiary/aromatic N) is 1. The quantitative estimate of drug-likeness (QED) is 0.490. The number of hydrogen-bond donors (Lipinski definition) is 0. The molecule has 7 heteroatoms. The van der Waals surface area contributed by atoms with Gasteiger partial charge in [0.25, 0.3) is 5.69 Å².